The van der Waals surface area contributed by atoms with Crippen molar-refractivity contribution in [3.05, 3.63) is 71.3 Å². The van der Waals surface area contributed by atoms with Gasteiger partial charge in [0.2, 0.25) is 11.8 Å². The summed E-state index contributed by atoms with van der Waals surface area (Å²) in [6.45, 7) is 5.26. The fourth-order valence-electron chi connectivity index (χ4n) is 5.09. The number of likely N-dealkylation sites (tertiary alicyclic amines) is 1. The van der Waals surface area contributed by atoms with Gasteiger partial charge in [0.1, 0.15) is 0 Å². The molecule has 2 heterocycles. The molecular formula is C25H26N2O6. The van der Waals surface area contributed by atoms with Crippen molar-refractivity contribution in [3.63, 3.8) is 0 Å². The zero-order valence-electron chi connectivity index (χ0n) is 18.9. The van der Waals surface area contributed by atoms with Gasteiger partial charge in [0, 0.05) is 11.6 Å². The number of amides is 2. The normalized spacial score (nSPS) is 26.9. The summed E-state index contributed by atoms with van der Waals surface area (Å²) in [7, 11) is 1.28. The molecule has 4 unspecified atom stereocenters. The molecule has 2 fully saturated rings. The van der Waals surface area contributed by atoms with Gasteiger partial charge in [0.05, 0.1) is 24.5 Å². The minimum absolute atomic E-state index is 0.327. The number of methoxy groups -OCH3 is 1. The van der Waals surface area contributed by atoms with Crippen molar-refractivity contribution >= 4 is 23.8 Å². The van der Waals surface area contributed by atoms with Crippen LogP contribution in [0.3, 0.4) is 0 Å². The van der Waals surface area contributed by atoms with Crippen LogP contribution < -0.4 is 5.32 Å². The second-order valence-electron chi connectivity index (χ2n) is 9.40. The first kappa shape index (κ1) is 22.7. The van der Waals surface area contributed by atoms with Gasteiger partial charge in [-0.15, -0.1) is 0 Å². The molecule has 4 atom stereocenters. The second kappa shape index (κ2) is 7.81. The monoisotopic (exact) mass is 450 g/mol. The molecule has 172 valence electrons. The number of carboxylic acids is 1. The summed E-state index contributed by atoms with van der Waals surface area (Å²) in [6, 6.07) is 14.2. The number of aliphatic carboxylic acids is 1. The van der Waals surface area contributed by atoms with Crippen LogP contribution in [0, 0.1) is 11.8 Å². The Bertz CT molecular complexity index is 1120. The molecule has 0 radical (unpaired) electrons. The highest BCUT2D eigenvalue weighted by atomic mass is 16.5. The summed E-state index contributed by atoms with van der Waals surface area (Å²) in [5.41, 5.74) is -1.26. The highest BCUT2D eigenvalue weighted by molar-refractivity contribution is 6.10. The van der Waals surface area contributed by atoms with Gasteiger partial charge in [-0.3, -0.25) is 19.8 Å². The Balaban J connectivity index is 1.90. The number of fused-ring (bicyclic) bond motifs is 1. The van der Waals surface area contributed by atoms with E-state index in [1.807, 2.05) is 0 Å². The molecular weight excluding hydrogens is 424 g/mol. The van der Waals surface area contributed by atoms with Crippen LogP contribution in [0.5, 0.6) is 0 Å². The smallest absolute Gasteiger partial charge is 0.337 e. The number of nitrogens with zero attached hydrogens (tertiary/aromatic N) is 1. The van der Waals surface area contributed by atoms with E-state index in [1.54, 1.807) is 75.4 Å². The number of imide groups is 1. The maximum absolute atomic E-state index is 13.6. The number of carbonyl (C=O) groups excluding carboxylic acids is 3. The number of rotatable bonds is 4. The summed E-state index contributed by atoms with van der Waals surface area (Å²) in [5, 5.41) is 13.6. The van der Waals surface area contributed by atoms with Crippen LogP contribution in [-0.2, 0) is 24.7 Å². The first-order chi connectivity index (χ1) is 15.5. The molecule has 4 rings (SSSR count). The average molecular weight is 450 g/mol. The largest absolute Gasteiger partial charge is 0.480 e. The minimum atomic E-state index is -1.79. The number of nitrogens with one attached hydrogen (secondary N) is 1. The number of esters is 1. The lowest BCUT2D eigenvalue weighted by molar-refractivity contribution is -0.154. The first-order valence-electron chi connectivity index (χ1n) is 10.7. The van der Waals surface area contributed by atoms with Gasteiger partial charge >= 0.3 is 11.9 Å². The van der Waals surface area contributed by atoms with Gasteiger partial charge in [0.15, 0.2) is 5.54 Å². The van der Waals surface area contributed by atoms with Crippen LogP contribution in [0.4, 0.5) is 0 Å². The van der Waals surface area contributed by atoms with Gasteiger partial charge in [-0.05, 0) is 44.0 Å². The Morgan fingerprint density at radius 1 is 1.00 bits per heavy atom. The molecule has 2 N–H and O–H groups in total. The topological polar surface area (TPSA) is 113 Å². The Hall–Kier alpha value is -3.52. The summed E-state index contributed by atoms with van der Waals surface area (Å²) in [6.07, 6.45) is 0. The van der Waals surface area contributed by atoms with E-state index >= 15 is 0 Å². The molecule has 2 aromatic rings. The van der Waals surface area contributed by atoms with E-state index in [-0.39, 0.29) is 0 Å². The van der Waals surface area contributed by atoms with Gasteiger partial charge in [-0.1, -0.05) is 42.5 Å². The van der Waals surface area contributed by atoms with Crippen LogP contribution in [0.1, 0.15) is 48.3 Å². The molecule has 2 aromatic carbocycles. The maximum atomic E-state index is 13.6. The number of carboxylic acid groups (broad SMARTS) is 1. The molecule has 2 aliphatic heterocycles. The van der Waals surface area contributed by atoms with Crippen molar-refractivity contribution in [1.82, 2.24) is 10.2 Å². The third-order valence-electron chi connectivity index (χ3n) is 6.49. The lowest BCUT2D eigenvalue weighted by Gasteiger charge is -2.35. The van der Waals surface area contributed by atoms with Crippen LogP contribution in [0.2, 0.25) is 0 Å². The molecule has 2 saturated heterocycles. The van der Waals surface area contributed by atoms with E-state index in [9.17, 15) is 24.3 Å². The Labute approximate surface area is 191 Å². The first-order valence-corrected chi connectivity index (χ1v) is 10.7. The number of hydrogen-bond acceptors (Lipinski definition) is 6. The SMILES string of the molecule is COC(=O)c1ccc(C2NC(C(=O)O)(c3ccccc3)C3C(=O)N(C(C)(C)C)C(=O)C23)cc1. The molecule has 2 amide bonds. The summed E-state index contributed by atoms with van der Waals surface area (Å²) >= 11 is 0. The van der Waals surface area contributed by atoms with Crippen LogP contribution >= 0.6 is 0 Å². The number of hydrogen-bond donors (Lipinski definition) is 2. The van der Waals surface area contributed by atoms with Gasteiger partial charge in [-0.2, -0.15) is 0 Å². The number of ether oxygens (including phenoxy) is 1. The minimum Gasteiger partial charge on any atom is -0.480 e. The van der Waals surface area contributed by atoms with Crippen molar-refractivity contribution in [2.24, 2.45) is 11.8 Å². The van der Waals surface area contributed by atoms with Crippen LogP contribution in [0.25, 0.3) is 0 Å². The maximum Gasteiger partial charge on any atom is 0.337 e. The van der Waals surface area contributed by atoms with Gasteiger partial charge in [0.25, 0.3) is 0 Å². The Kier molecular flexibility index (Phi) is 5.36. The molecule has 33 heavy (non-hydrogen) atoms. The average Bonchev–Trinajstić information content (AvgIpc) is 3.28. The lowest BCUT2D eigenvalue weighted by Crippen LogP contribution is -2.55. The molecule has 0 saturated carbocycles. The summed E-state index contributed by atoms with van der Waals surface area (Å²) in [4.78, 5) is 53.1. The van der Waals surface area contributed by atoms with E-state index in [1.165, 1.54) is 12.0 Å². The third kappa shape index (κ3) is 3.33. The Morgan fingerprint density at radius 3 is 2.12 bits per heavy atom. The van der Waals surface area contributed by atoms with Crippen molar-refractivity contribution in [2.45, 2.75) is 37.9 Å². The quantitative estimate of drug-likeness (QED) is 0.544. The molecule has 8 heteroatoms. The van der Waals surface area contributed by atoms with Crippen molar-refractivity contribution < 1.29 is 29.0 Å². The van der Waals surface area contributed by atoms with Crippen molar-refractivity contribution in [1.29, 1.82) is 0 Å². The fourth-order valence-corrected chi connectivity index (χ4v) is 5.09. The van der Waals surface area contributed by atoms with E-state index in [4.69, 9.17) is 4.74 Å². The standard InChI is InChI=1S/C25H26N2O6/c1-24(2,3)27-20(28)17-18(21(27)29)25(23(31)32,16-8-6-5-7-9-16)26-19(17)14-10-12-15(13-11-14)22(30)33-4/h5-13,17-19,26H,1-4H3,(H,31,32). The molecule has 0 spiro atoms. The van der Waals surface area contributed by atoms with Crippen LogP contribution in [0.15, 0.2) is 54.6 Å². The van der Waals surface area contributed by atoms with Crippen molar-refractivity contribution in [2.75, 3.05) is 7.11 Å². The molecule has 0 aromatic heterocycles. The Morgan fingerprint density at radius 2 is 1.61 bits per heavy atom. The second-order valence-corrected chi connectivity index (χ2v) is 9.40. The number of carbonyl (C=O) groups is 4. The van der Waals surface area contributed by atoms with E-state index < -0.39 is 52.7 Å². The predicted octanol–water partition coefficient (Wildman–Crippen LogP) is 2.50. The fraction of sp³-hybridized carbons (Fsp3) is 0.360. The predicted molar refractivity (Wildman–Crippen MR) is 118 cm³/mol. The van der Waals surface area contributed by atoms with Crippen molar-refractivity contribution in [3.8, 4) is 0 Å². The highest BCUT2D eigenvalue weighted by Crippen LogP contribution is 2.54. The summed E-state index contributed by atoms with van der Waals surface area (Å²) in [5.74, 6) is -4.70. The molecule has 0 bridgehead atoms. The van der Waals surface area contributed by atoms with Gasteiger partial charge < -0.3 is 9.84 Å². The lowest BCUT2D eigenvalue weighted by atomic mass is 9.75. The van der Waals surface area contributed by atoms with E-state index in [2.05, 4.69) is 5.32 Å². The van der Waals surface area contributed by atoms with Crippen LogP contribution in [-0.4, -0.2) is 46.4 Å². The zero-order chi connectivity index (χ0) is 24.1. The summed E-state index contributed by atoms with van der Waals surface area (Å²) < 4.78 is 4.74. The highest BCUT2D eigenvalue weighted by Gasteiger charge is 2.70. The van der Waals surface area contributed by atoms with E-state index in [0.717, 1.165) is 0 Å². The molecule has 2 aliphatic rings. The molecule has 0 aliphatic carbocycles. The molecule has 8 nitrogen and oxygen atoms in total. The van der Waals surface area contributed by atoms with E-state index in [0.29, 0.717) is 16.7 Å². The zero-order valence-corrected chi connectivity index (χ0v) is 18.9. The number of benzene rings is 2. The van der Waals surface area contributed by atoms with Gasteiger partial charge in [-0.25, -0.2) is 9.59 Å². The third-order valence-corrected chi connectivity index (χ3v) is 6.49.